The number of piperazine rings is 1. The molecule has 174 valence electrons. The number of aromatic nitrogens is 2. The number of hydrogen-bond acceptors (Lipinski definition) is 8. The van der Waals surface area contributed by atoms with Crippen molar-refractivity contribution in [3.05, 3.63) is 71.6 Å². The average Bonchev–Trinajstić information content (AvgIpc) is 3.55. The summed E-state index contributed by atoms with van der Waals surface area (Å²) >= 11 is 1.65. The van der Waals surface area contributed by atoms with Crippen LogP contribution in [0.15, 0.2) is 66.0 Å². The van der Waals surface area contributed by atoms with Gasteiger partial charge >= 0.3 is 0 Å². The van der Waals surface area contributed by atoms with E-state index in [0.29, 0.717) is 12.6 Å². The second-order valence-electron chi connectivity index (χ2n) is 8.84. The van der Waals surface area contributed by atoms with Gasteiger partial charge in [0.2, 0.25) is 5.95 Å². The van der Waals surface area contributed by atoms with Gasteiger partial charge in [-0.15, -0.1) is 11.3 Å². The van der Waals surface area contributed by atoms with E-state index in [2.05, 4.69) is 76.1 Å². The van der Waals surface area contributed by atoms with Crippen LogP contribution in [-0.4, -0.2) is 54.7 Å². The Kier molecular flexibility index (Phi) is 5.78. The average molecular weight is 473 g/mol. The predicted molar refractivity (Wildman–Crippen MR) is 139 cm³/mol. The Morgan fingerprint density at radius 3 is 2.53 bits per heavy atom. The topological polar surface area (TPSA) is 56.8 Å². The Morgan fingerprint density at radius 2 is 1.74 bits per heavy atom. The molecule has 2 fully saturated rings. The molecule has 4 heterocycles. The molecule has 34 heavy (non-hydrogen) atoms. The van der Waals surface area contributed by atoms with E-state index >= 15 is 0 Å². The van der Waals surface area contributed by atoms with Gasteiger partial charge in [0, 0.05) is 44.0 Å². The van der Waals surface area contributed by atoms with Gasteiger partial charge in [0.25, 0.3) is 0 Å². The van der Waals surface area contributed by atoms with Crippen molar-refractivity contribution in [2.75, 3.05) is 55.1 Å². The standard InChI is InChI=1S/C26H28N6OS/c1-30-13-15-31(16-14-30)21-9-7-20(8-10-21)27-26-28-22-12-18-34-24(22)25(29-26)32-23(11-17-33-32)19-5-3-2-4-6-19/h2-10,12,18,23H,11,13-17H2,1H3,(H,27,28,29). The number of anilines is 4. The summed E-state index contributed by atoms with van der Waals surface area (Å²) in [6.45, 7) is 4.98. The molecule has 1 atom stereocenters. The smallest absolute Gasteiger partial charge is 0.229 e. The van der Waals surface area contributed by atoms with Gasteiger partial charge < -0.3 is 15.1 Å². The van der Waals surface area contributed by atoms with Gasteiger partial charge in [-0.3, -0.25) is 4.84 Å². The highest BCUT2D eigenvalue weighted by atomic mass is 32.1. The third kappa shape index (κ3) is 4.20. The van der Waals surface area contributed by atoms with Gasteiger partial charge in [-0.25, -0.2) is 10.0 Å². The van der Waals surface area contributed by atoms with Crippen molar-refractivity contribution in [1.29, 1.82) is 0 Å². The van der Waals surface area contributed by atoms with Crippen LogP contribution in [0.3, 0.4) is 0 Å². The second-order valence-corrected chi connectivity index (χ2v) is 9.76. The highest BCUT2D eigenvalue weighted by molar-refractivity contribution is 7.17. The van der Waals surface area contributed by atoms with Crippen LogP contribution in [0.4, 0.5) is 23.1 Å². The molecule has 4 aromatic rings. The van der Waals surface area contributed by atoms with Crippen LogP contribution in [0.25, 0.3) is 10.2 Å². The Hall–Kier alpha value is -3.20. The van der Waals surface area contributed by atoms with Crippen molar-refractivity contribution in [2.24, 2.45) is 0 Å². The number of fused-ring (bicyclic) bond motifs is 1. The highest BCUT2D eigenvalue weighted by Gasteiger charge is 2.31. The number of nitrogens with one attached hydrogen (secondary N) is 1. The fraction of sp³-hybridized carbons (Fsp3) is 0.308. The van der Waals surface area contributed by atoms with E-state index in [-0.39, 0.29) is 6.04 Å². The summed E-state index contributed by atoms with van der Waals surface area (Å²) in [7, 11) is 2.18. The minimum atomic E-state index is 0.136. The van der Waals surface area contributed by atoms with Gasteiger partial charge in [0.05, 0.1) is 22.9 Å². The number of thiophene rings is 1. The van der Waals surface area contributed by atoms with E-state index in [1.165, 1.54) is 11.3 Å². The normalized spacial score (nSPS) is 19.1. The van der Waals surface area contributed by atoms with E-state index in [9.17, 15) is 0 Å². The first-order valence-electron chi connectivity index (χ1n) is 11.8. The van der Waals surface area contributed by atoms with Crippen molar-refractivity contribution in [1.82, 2.24) is 14.9 Å². The van der Waals surface area contributed by atoms with Gasteiger partial charge in [0.1, 0.15) is 0 Å². The zero-order valence-electron chi connectivity index (χ0n) is 19.2. The second kappa shape index (κ2) is 9.21. The zero-order chi connectivity index (χ0) is 22.9. The van der Waals surface area contributed by atoms with Crippen molar-refractivity contribution in [2.45, 2.75) is 12.5 Å². The number of rotatable bonds is 5. The molecule has 6 rings (SSSR count). The van der Waals surface area contributed by atoms with E-state index in [4.69, 9.17) is 14.8 Å². The van der Waals surface area contributed by atoms with Crippen molar-refractivity contribution < 1.29 is 4.84 Å². The molecule has 0 aliphatic carbocycles. The summed E-state index contributed by atoms with van der Waals surface area (Å²) in [5.74, 6) is 1.40. The third-order valence-electron chi connectivity index (χ3n) is 6.58. The van der Waals surface area contributed by atoms with Crippen LogP contribution >= 0.6 is 11.3 Å². The summed E-state index contributed by atoms with van der Waals surface area (Å²) in [6, 6.07) is 21.2. The first-order chi connectivity index (χ1) is 16.7. The summed E-state index contributed by atoms with van der Waals surface area (Å²) < 4.78 is 1.04. The van der Waals surface area contributed by atoms with Crippen LogP contribution in [0.2, 0.25) is 0 Å². The quantitative estimate of drug-likeness (QED) is 0.435. The minimum absolute atomic E-state index is 0.136. The molecule has 2 aromatic heterocycles. The molecule has 0 saturated carbocycles. The molecule has 2 aliphatic rings. The van der Waals surface area contributed by atoms with E-state index < -0.39 is 0 Å². The molecule has 0 radical (unpaired) electrons. The molecule has 2 aromatic carbocycles. The van der Waals surface area contributed by atoms with Crippen LogP contribution in [0.1, 0.15) is 18.0 Å². The van der Waals surface area contributed by atoms with Crippen LogP contribution < -0.4 is 15.3 Å². The number of benzene rings is 2. The number of hydrogen-bond donors (Lipinski definition) is 1. The molecule has 0 spiro atoms. The number of hydroxylamine groups is 1. The third-order valence-corrected chi connectivity index (χ3v) is 7.47. The van der Waals surface area contributed by atoms with Crippen LogP contribution in [0, 0.1) is 0 Å². The summed E-state index contributed by atoms with van der Waals surface area (Å²) in [6.07, 6.45) is 0.928. The number of nitrogens with zero attached hydrogens (tertiary/aromatic N) is 5. The summed E-state index contributed by atoms with van der Waals surface area (Å²) in [5, 5.41) is 7.45. The molecule has 2 aliphatic heterocycles. The largest absolute Gasteiger partial charge is 0.369 e. The molecule has 7 nitrogen and oxygen atoms in total. The van der Waals surface area contributed by atoms with Crippen molar-refractivity contribution >= 4 is 44.7 Å². The summed E-state index contributed by atoms with van der Waals surface area (Å²) in [5.41, 5.74) is 4.39. The zero-order valence-corrected chi connectivity index (χ0v) is 20.0. The Morgan fingerprint density at radius 1 is 0.941 bits per heavy atom. The van der Waals surface area contributed by atoms with Gasteiger partial charge in [-0.2, -0.15) is 4.98 Å². The van der Waals surface area contributed by atoms with Gasteiger partial charge in [-0.1, -0.05) is 30.3 Å². The van der Waals surface area contributed by atoms with Crippen LogP contribution in [0.5, 0.6) is 0 Å². The van der Waals surface area contributed by atoms with E-state index in [0.717, 1.165) is 54.3 Å². The van der Waals surface area contributed by atoms with E-state index in [1.54, 1.807) is 11.3 Å². The summed E-state index contributed by atoms with van der Waals surface area (Å²) in [4.78, 5) is 20.6. The molecular weight excluding hydrogens is 444 g/mol. The highest BCUT2D eigenvalue weighted by Crippen LogP contribution is 2.39. The molecule has 0 amide bonds. The lowest BCUT2D eigenvalue weighted by atomic mass is 10.0. The first-order valence-corrected chi connectivity index (χ1v) is 12.7. The van der Waals surface area contributed by atoms with Crippen molar-refractivity contribution in [3.63, 3.8) is 0 Å². The lowest BCUT2D eigenvalue weighted by Gasteiger charge is -2.34. The lowest BCUT2D eigenvalue weighted by molar-refractivity contribution is 0.157. The maximum atomic E-state index is 6.09. The van der Waals surface area contributed by atoms with Crippen molar-refractivity contribution in [3.8, 4) is 0 Å². The first kappa shape index (κ1) is 21.3. The number of likely N-dealkylation sites (N-methyl/N-ethyl adjacent to an activating group) is 1. The van der Waals surface area contributed by atoms with E-state index in [1.807, 2.05) is 17.2 Å². The maximum absolute atomic E-state index is 6.09. The molecular formula is C26H28N6OS. The molecule has 1 N–H and O–H groups in total. The fourth-order valence-electron chi connectivity index (χ4n) is 4.66. The molecule has 1 unspecified atom stereocenters. The Bertz CT molecular complexity index is 1250. The lowest BCUT2D eigenvalue weighted by Crippen LogP contribution is -2.44. The SMILES string of the molecule is CN1CCN(c2ccc(Nc3nc(N4OCCC4c4ccccc4)c4sccc4n3)cc2)CC1. The fourth-order valence-corrected chi connectivity index (χ4v) is 5.47. The minimum Gasteiger partial charge on any atom is -0.369 e. The Labute approximate surface area is 203 Å². The maximum Gasteiger partial charge on any atom is 0.229 e. The molecule has 0 bridgehead atoms. The molecule has 8 heteroatoms. The van der Waals surface area contributed by atoms with Crippen LogP contribution in [-0.2, 0) is 4.84 Å². The van der Waals surface area contributed by atoms with Gasteiger partial charge in [0.15, 0.2) is 5.82 Å². The Balaban J connectivity index is 1.27. The molecule has 2 saturated heterocycles. The monoisotopic (exact) mass is 472 g/mol. The van der Waals surface area contributed by atoms with Gasteiger partial charge in [-0.05, 0) is 48.3 Å². The predicted octanol–water partition coefficient (Wildman–Crippen LogP) is 5.07.